The smallest absolute Gasteiger partial charge is 0.293 e. The number of aryl methyl sites for hydroxylation is 2. The molecule has 0 aromatic heterocycles. The van der Waals surface area contributed by atoms with E-state index in [1.807, 2.05) is 39.0 Å². The van der Waals surface area contributed by atoms with Crippen LogP contribution in [0.25, 0.3) is 6.08 Å². The Morgan fingerprint density at radius 1 is 0.974 bits per heavy atom. The van der Waals surface area contributed by atoms with E-state index in [4.69, 9.17) is 9.47 Å². The van der Waals surface area contributed by atoms with Gasteiger partial charge in [-0.2, -0.15) is 0 Å². The lowest BCUT2D eigenvalue weighted by molar-refractivity contribution is -0.123. The van der Waals surface area contributed by atoms with E-state index in [9.17, 15) is 18.8 Å². The quantitative estimate of drug-likeness (QED) is 0.334. The monoisotopic (exact) mass is 534 g/mol. The number of hydrogen-bond donors (Lipinski definition) is 1. The lowest BCUT2D eigenvalue weighted by Gasteiger charge is -2.13. The number of ether oxygens (including phenoxy) is 2. The number of halogens is 1. The van der Waals surface area contributed by atoms with Crippen LogP contribution in [-0.4, -0.2) is 35.2 Å². The van der Waals surface area contributed by atoms with Crippen molar-refractivity contribution in [3.05, 3.63) is 93.6 Å². The molecule has 3 aromatic carbocycles. The molecule has 0 saturated carbocycles. The van der Waals surface area contributed by atoms with Crippen molar-refractivity contribution in [2.24, 2.45) is 0 Å². The SMILES string of the molecule is CCOc1cc(/C=C2/SC(=O)N(Cc3ccc(F)cc3)C2=O)ccc1OCC(=O)Nc1ccc(C)c(C)c1. The van der Waals surface area contributed by atoms with Crippen LogP contribution in [-0.2, 0) is 16.1 Å². The normalized spacial score (nSPS) is 14.2. The Hall–Kier alpha value is -4.11. The summed E-state index contributed by atoms with van der Waals surface area (Å²) in [5, 5.41) is 2.42. The highest BCUT2D eigenvalue weighted by atomic mass is 32.2. The van der Waals surface area contributed by atoms with Gasteiger partial charge in [0.25, 0.3) is 17.1 Å². The number of imide groups is 1. The van der Waals surface area contributed by atoms with E-state index in [0.717, 1.165) is 27.8 Å². The van der Waals surface area contributed by atoms with Crippen molar-refractivity contribution < 1.29 is 28.2 Å². The van der Waals surface area contributed by atoms with E-state index in [0.29, 0.717) is 34.9 Å². The van der Waals surface area contributed by atoms with Crippen LogP contribution < -0.4 is 14.8 Å². The zero-order chi connectivity index (χ0) is 27.2. The third-order valence-electron chi connectivity index (χ3n) is 5.84. The topological polar surface area (TPSA) is 84.9 Å². The molecule has 3 aromatic rings. The Balaban J connectivity index is 1.43. The highest BCUT2D eigenvalue weighted by molar-refractivity contribution is 8.18. The highest BCUT2D eigenvalue weighted by Gasteiger charge is 2.35. The standard InChI is InChI=1S/C29H27FN2O5S/c1-4-36-25-14-21(8-12-24(25)37-17-27(33)31-23-11-5-18(2)19(3)13-23)15-26-28(34)32(29(35)38-26)16-20-6-9-22(30)10-7-20/h5-15H,4,16-17H2,1-3H3,(H,31,33)/b26-15+. The molecule has 4 rings (SSSR count). The van der Waals surface area contributed by atoms with Gasteiger partial charge in [0, 0.05) is 5.69 Å². The first-order valence-corrected chi connectivity index (χ1v) is 12.8. The van der Waals surface area contributed by atoms with Crippen molar-refractivity contribution in [2.75, 3.05) is 18.5 Å². The Kier molecular flexibility index (Phi) is 8.48. The maximum absolute atomic E-state index is 13.2. The van der Waals surface area contributed by atoms with Gasteiger partial charge in [-0.1, -0.05) is 24.3 Å². The summed E-state index contributed by atoms with van der Waals surface area (Å²) in [6.45, 7) is 6.01. The largest absolute Gasteiger partial charge is 0.490 e. The van der Waals surface area contributed by atoms with E-state index >= 15 is 0 Å². The summed E-state index contributed by atoms with van der Waals surface area (Å²) < 4.78 is 24.6. The number of hydrogen-bond acceptors (Lipinski definition) is 6. The average molecular weight is 535 g/mol. The van der Waals surface area contributed by atoms with E-state index < -0.39 is 11.1 Å². The summed E-state index contributed by atoms with van der Waals surface area (Å²) in [4.78, 5) is 39.1. The zero-order valence-corrected chi connectivity index (χ0v) is 22.1. The Morgan fingerprint density at radius 3 is 2.45 bits per heavy atom. The average Bonchev–Trinajstić information content (AvgIpc) is 3.14. The van der Waals surface area contributed by atoms with Gasteiger partial charge in [-0.25, -0.2) is 4.39 Å². The van der Waals surface area contributed by atoms with Gasteiger partial charge in [-0.15, -0.1) is 0 Å². The second-order valence-corrected chi connectivity index (χ2v) is 9.66. The molecule has 1 saturated heterocycles. The lowest BCUT2D eigenvalue weighted by Crippen LogP contribution is -2.27. The molecule has 1 N–H and O–H groups in total. The molecule has 0 atom stereocenters. The van der Waals surface area contributed by atoms with E-state index in [2.05, 4.69) is 5.32 Å². The van der Waals surface area contributed by atoms with Crippen LogP contribution in [0.1, 0.15) is 29.2 Å². The molecule has 7 nitrogen and oxygen atoms in total. The predicted octanol–water partition coefficient (Wildman–Crippen LogP) is 6.10. The predicted molar refractivity (Wildman–Crippen MR) is 146 cm³/mol. The van der Waals surface area contributed by atoms with Crippen LogP contribution >= 0.6 is 11.8 Å². The molecule has 1 aliphatic rings. The van der Waals surface area contributed by atoms with Gasteiger partial charge in [0.1, 0.15) is 5.82 Å². The molecule has 0 spiro atoms. The van der Waals surface area contributed by atoms with E-state index in [1.54, 1.807) is 24.3 Å². The third kappa shape index (κ3) is 6.60. The zero-order valence-electron chi connectivity index (χ0n) is 21.2. The van der Waals surface area contributed by atoms with Crippen LogP contribution in [0.3, 0.4) is 0 Å². The molecule has 0 bridgehead atoms. The van der Waals surface area contributed by atoms with Crippen LogP contribution in [0.2, 0.25) is 0 Å². The number of nitrogens with zero attached hydrogens (tertiary/aromatic N) is 1. The minimum absolute atomic E-state index is 0.0590. The summed E-state index contributed by atoms with van der Waals surface area (Å²) in [6.07, 6.45) is 1.61. The molecule has 0 aliphatic carbocycles. The molecule has 1 aliphatic heterocycles. The third-order valence-corrected chi connectivity index (χ3v) is 6.75. The maximum atomic E-state index is 13.2. The molecule has 0 radical (unpaired) electrons. The number of carbonyl (C=O) groups is 3. The molecule has 1 fully saturated rings. The second-order valence-electron chi connectivity index (χ2n) is 8.67. The number of thioether (sulfide) groups is 1. The Bertz CT molecular complexity index is 1400. The van der Waals surface area contributed by atoms with Crippen molar-refractivity contribution in [3.8, 4) is 11.5 Å². The Morgan fingerprint density at radius 2 is 1.74 bits per heavy atom. The van der Waals surface area contributed by atoms with Crippen molar-refractivity contribution in [2.45, 2.75) is 27.3 Å². The van der Waals surface area contributed by atoms with E-state index in [-0.39, 0.29) is 29.8 Å². The molecule has 38 heavy (non-hydrogen) atoms. The van der Waals surface area contributed by atoms with Crippen molar-refractivity contribution >= 4 is 40.6 Å². The van der Waals surface area contributed by atoms with Crippen molar-refractivity contribution in [1.29, 1.82) is 0 Å². The minimum atomic E-state index is -0.425. The van der Waals surface area contributed by atoms with Gasteiger partial charge in [0.2, 0.25) is 0 Å². The molecular weight excluding hydrogens is 507 g/mol. The van der Waals surface area contributed by atoms with Crippen molar-refractivity contribution in [1.82, 2.24) is 4.90 Å². The fourth-order valence-electron chi connectivity index (χ4n) is 3.72. The van der Waals surface area contributed by atoms with Crippen LogP contribution in [0.5, 0.6) is 11.5 Å². The number of anilines is 1. The van der Waals surface area contributed by atoms with Gasteiger partial charge in [-0.05, 0) is 97.3 Å². The van der Waals surface area contributed by atoms with Crippen molar-refractivity contribution in [3.63, 3.8) is 0 Å². The molecule has 0 unspecified atom stereocenters. The van der Waals surface area contributed by atoms with E-state index in [1.165, 1.54) is 24.3 Å². The van der Waals surface area contributed by atoms with Gasteiger partial charge in [-0.3, -0.25) is 19.3 Å². The first kappa shape index (κ1) is 26.9. The summed E-state index contributed by atoms with van der Waals surface area (Å²) in [5.41, 5.74) is 4.18. The number of carbonyl (C=O) groups excluding carboxylic acids is 3. The first-order valence-electron chi connectivity index (χ1n) is 12.0. The fourth-order valence-corrected chi connectivity index (χ4v) is 4.56. The van der Waals surface area contributed by atoms with Crippen LogP contribution in [0, 0.1) is 19.7 Å². The number of nitrogens with one attached hydrogen (secondary N) is 1. The summed E-state index contributed by atoms with van der Waals surface area (Å²) in [6, 6.07) is 16.4. The number of rotatable bonds is 9. The molecular formula is C29H27FN2O5S. The molecule has 1 heterocycles. The lowest BCUT2D eigenvalue weighted by atomic mass is 10.1. The summed E-state index contributed by atoms with van der Waals surface area (Å²) in [7, 11) is 0. The number of amides is 3. The molecule has 3 amide bonds. The van der Waals surface area contributed by atoms with Gasteiger partial charge >= 0.3 is 0 Å². The van der Waals surface area contributed by atoms with Gasteiger partial charge in [0.15, 0.2) is 18.1 Å². The minimum Gasteiger partial charge on any atom is -0.490 e. The first-order chi connectivity index (χ1) is 18.2. The summed E-state index contributed by atoms with van der Waals surface area (Å²) in [5.74, 6) is -0.336. The molecule has 9 heteroatoms. The second kappa shape index (κ2) is 12.0. The summed E-state index contributed by atoms with van der Waals surface area (Å²) >= 11 is 0.839. The van der Waals surface area contributed by atoms with Crippen LogP contribution in [0.15, 0.2) is 65.6 Å². The molecule has 196 valence electrons. The van der Waals surface area contributed by atoms with Gasteiger partial charge < -0.3 is 14.8 Å². The van der Waals surface area contributed by atoms with Crippen LogP contribution in [0.4, 0.5) is 14.9 Å². The fraction of sp³-hybridized carbons (Fsp3) is 0.207. The Labute approximate surface area is 224 Å². The maximum Gasteiger partial charge on any atom is 0.293 e. The van der Waals surface area contributed by atoms with Gasteiger partial charge in [0.05, 0.1) is 18.1 Å². The highest BCUT2D eigenvalue weighted by Crippen LogP contribution is 2.35. The number of benzene rings is 3.